The summed E-state index contributed by atoms with van der Waals surface area (Å²) in [6.45, 7) is 3.92. The minimum absolute atomic E-state index is 0.200. The number of nitriles is 1. The second-order valence-corrected chi connectivity index (χ2v) is 4.48. The number of carbonyl (C=O) groups is 1. The number of ether oxygens (including phenoxy) is 2. The van der Waals surface area contributed by atoms with E-state index in [9.17, 15) is 4.79 Å². The SMILES string of the molecule is CCC(C#N)C(=O)N(C)c1cc2c(cc1C)OCO2. The fourth-order valence-corrected chi connectivity index (χ4v) is 2.07. The van der Waals surface area contributed by atoms with Crippen molar-refractivity contribution in [2.24, 2.45) is 5.92 Å². The number of anilines is 1. The maximum absolute atomic E-state index is 12.2. The van der Waals surface area contributed by atoms with E-state index in [1.165, 1.54) is 4.90 Å². The van der Waals surface area contributed by atoms with Gasteiger partial charge in [-0.2, -0.15) is 5.26 Å². The molecule has 0 bridgehead atoms. The lowest BCUT2D eigenvalue weighted by molar-refractivity contribution is -0.120. The summed E-state index contributed by atoms with van der Waals surface area (Å²) in [5.41, 5.74) is 1.65. The van der Waals surface area contributed by atoms with Gasteiger partial charge in [-0.05, 0) is 25.0 Å². The van der Waals surface area contributed by atoms with Crippen LogP contribution in [0.1, 0.15) is 18.9 Å². The van der Waals surface area contributed by atoms with E-state index < -0.39 is 5.92 Å². The van der Waals surface area contributed by atoms with E-state index in [1.54, 1.807) is 13.1 Å². The zero-order valence-electron chi connectivity index (χ0n) is 11.3. The van der Waals surface area contributed by atoms with Gasteiger partial charge in [-0.3, -0.25) is 4.79 Å². The molecule has 2 rings (SSSR count). The fraction of sp³-hybridized carbons (Fsp3) is 0.429. The highest BCUT2D eigenvalue weighted by atomic mass is 16.7. The van der Waals surface area contributed by atoms with Gasteiger partial charge in [0.1, 0.15) is 5.92 Å². The lowest BCUT2D eigenvalue weighted by Crippen LogP contribution is -2.32. The van der Waals surface area contributed by atoms with Crippen LogP contribution >= 0.6 is 0 Å². The number of amides is 1. The van der Waals surface area contributed by atoms with Crippen LogP contribution in [-0.4, -0.2) is 19.7 Å². The second-order valence-electron chi connectivity index (χ2n) is 4.48. The molecule has 0 saturated carbocycles. The second kappa shape index (κ2) is 5.19. The van der Waals surface area contributed by atoms with Crippen molar-refractivity contribution in [3.8, 4) is 17.6 Å². The fourth-order valence-electron chi connectivity index (χ4n) is 2.07. The van der Waals surface area contributed by atoms with Crippen LogP contribution < -0.4 is 14.4 Å². The van der Waals surface area contributed by atoms with E-state index in [0.29, 0.717) is 17.9 Å². The first-order valence-corrected chi connectivity index (χ1v) is 6.16. The molecule has 0 spiro atoms. The van der Waals surface area contributed by atoms with Gasteiger partial charge in [-0.15, -0.1) is 0 Å². The Morgan fingerprint density at radius 1 is 1.47 bits per heavy atom. The van der Waals surface area contributed by atoms with Gasteiger partial charge >= 0.3 is 0 Å². The van der Waals surface area contributed by atoms with Crippen LogP contribution in [0.15, 0.2) is 12.1 Å². The highest BCUT2D eigenvalue weighted by Gasteiger charge is 2.24. The molecule has 1 aromatic rings. The van der Waals surface area contributed by atoms with E-state index in [-0.39, 0.29) is 12.7 Å². The predicted octanol–water partition coefficient (Wildman–Crippen LogP) is 2.24. The van der Waals surface area contributed by atoms with Gasteiger partial charge in [0.25, 0.3) is 0 Å². The third-order valence-corrected chi connectivity index (χ3v) is 3.25. The molecule has 0 N–H and O–H groups in total. The number of aryl methyl sites for hydroxylation is 1. The largest absolute Gasteiger partial charge is 0.454 e. The molecule has 5 heteroatoms. The Balaban J connectivity index is 2.32. The molecule has 0 aromatic heterocycles. The van der Waals surface area contributed by atoms with Crippen LogP contribution in [0.25, 0.3) is 0 Å². The first-order chi connectivity index (χ1) is 9.08. The summed E-state index contributed by atoms with van der Waals surface area (Å²) in [5, 5.41) is 8.97. The summed E-state index contributed by atoms with van der Waals surface area (Å²) in [5.74, 6) is 0.501. The zero-order chi connectivity index (χ0) is 14.0. The van der Waals surface area contributed by atoms with Crippen molar-refractivity contribution in [3.63, 3.8) is 0 Å². The van der Waals surface area contributed by atoms with E-state index in [0.717, 1.165) is 11.3 Å². The Morgan fingerprint density at radius 3 is 2.68 bits per heavy atom. The minimum atomic E-state index is -0.616. The highest BCUT2D eigenvalue weighted by molar-refractivity contribution is 5.97. The normalized spacial score (nSPS) is 13.8. The molecule has 1 atom stereocenters. The van der Waals surface area contributed by atoms with Crippen molar-refractivity contribution in [1.29, 1.82) is 5.26 Å². The van der Waals surface area contributed by atoms with Crippen molar-refractivity contribution in [1.82, 2.24) is 0 Å². The van der Waals surface area contributed by atoms with Crippen molar-refractivity contribution in [2.75, 3.05) is 18.7 Å². The molecular formula is C14H16N2O3. The third-order valence-electron chi connectivity index (χ3n) is 3.25. The summed E-state index contributed by atoms with van der Waals surface area (Å²) >= 11 is 0. The average molecular weight is 260 g/mol. The third kappa shape index (κ3) is 2.34. The summed E-state index contributed by atoms with van der Waals surface area (Å²) in [4.78, 5) is 13.7. The van der Waals surface area contributed by atoms with Crippen LogP contribution in [0.4, 0.5) is 5.69 Å². The van der Waals surface area contributed by atoms with Gasteiger partial charge in [0, 0.05) is 13.1 Å². The van der Waals surface area contributed by atoms with Gasteiger partial charge in [0.2, 0.25) is 12.7 Å². The predicted molar refractivity (Wildman–Crippen MR) is 70.1 cm³/mol. The molecule has 1 unspecified atom stereocenters. The Hall–Kier alpha value is -2.22. The zero-order valence-corrected chi connectivity index (χ0v) is 11.3. The molecule has 1 aromatic carbocycles. The standard InChI is InChI=1S/C14H16N2O3/c1-4-10(7-15)14(17)16(3)11-6-13-12(5-9(11)2)18-8-19-13/h5-6,10H,4,8H2,1-3H3. The summed E-state index contributed by atoms with van der Waals surface area (Å²) in [6.07, 6.45) is 0.503. The number of hydrogen-bond acceptors (Lipinski definition) is 4. The van der Waals surface area contributed by atoms with Crippen LogP contribution in [0.5, 0.6) is 11.5 Å². The Morgan fingerprint density at radius 2 is 2.11 bits per heavy atom. The number of benzene rings is 1. The first kappa shape index (κ1) is 13.2. The topological polar surface area (TPSA) is 62.6 Å². The van der Waals surface area contributed by atoms with Crippen LogP contribution in [0.2, 0.25) is 0 Å². The molecular weight excluding hydrogens is 244 g/mol. The molecule has 0 saturated heterocycles. The smallest absolute Gasteiger partial charge is 0.244 e. The number of fused-ring (bicyclic) bond motifs is 1. The number of carbonyl (C=O) groups excluding carboxylic acids is 1. The molecule has 1 amide bonds. The maximum atomic E-state index is 12.2. The van der Waals surface area contributed by atoms with E-state index in [2.05, 4.69) is 0 Å². The maximum Gasteiger partial charge on any atom is 0.244 e. The Labute approximate surface area is 112 Å². The quantitative estimate of drug-likeness (QED) is 0.836. The molecule has 5 nitrogen and oxygen atoms in total. The first-order valence-electron chi connectivity index (χ1n) is 6.16. The lowest BCUT2D eigenvalue weighted by atomic mass is 10.1. The number of hydrogen-bond donors (Lipinski definition) is 0. The van der Waals surface area contributed by atoms with E-state index in [1.807, 2.05) is 26.0 Å². The molecule has 1 aliphatic rings. The lowest BCUT2D eigenvalue weighted by Gasteiger charge is -2.21. The van der Waals surface area contributed by atoms with Crippen LogP contribution in [0.3, 0.4) is 0 Å². The van der Waals surface area contributed by atoms with Crippen molar-refractivity contribution >= 4 is 11.6 Å². The van der Waals surface area contributed by atoms with Gasteiger partial charge < -0.3 is 14.4 Å². The van der Waals surface area contributed by atoms with Gasteiger partial charge in [0.15, 0.2) is 11.5 Å². The highest BCUT2D eigenvalue weighted by Crippen LogP contribution is 2.38. The summed E-state index contributed by atoms with van der Waals surface area (Å²) < 4.78 is 10.6. The van der Waals surface area contributed by atoms with Gasteiger partial charge in [0.05, 0.1) is 11.8 Å². The van der Waals surface area contributed by atoms with Crippen molar-refractivity contribution in [2.45, 2.75) is 20.3 Å². The molecule has 1 heterocycles. The Kier molecular flexibility index (Phi) is 3.61. The molecule has 100 valence electrons. The van der Waals surface area contributed by atoms with Crippen LogP contribution in [0, 0.1) is 24.2 Å². The summed E-state index contributed by atoms with van der Waals surface area (Å²) in [7, 11) is 1.67. The molecule has 19 heavy (non-hydrogen) atoms. The molecule has 1 aliphatic heterocycles. The van der Waals surface area contributed by atoms with Crippen molar-refractivity contribution < 1.29 is 14.3 Å². The van der Waals surface area contributed by atoms with E-state index in [4.69, 9.17) is 14.7 Å². The van der Waals surface area contributed by atoms with Crippen molar-refractivity contribution in [3.05, 3.63) is 17.7 Å². The van der Waals surface area contributed by atoms with Gasteiger partial charge in [-0.1, -0.05) is 6.92 Å². The Bertz CT molecular complexity index is 548. The monoisotopic (exact) mass is 260 g/mol. The minimum Gasteiger partial charge on any atom is -0.454 e. The number of nitrogens with zero attached hydrogens (tertiary/aromatic N) is 2. The summed E-state index contributed by atoms with van der Waals surface area (Å²) in [6, 6.07) is 5.65. The molecule has 0 fully saturated rings. The van der Waals surface area contributed by atoms with E-state index >= 15 is 0 Å². The number of rotatable bonds is 3. The van der Waals surface area contributed by atoms with Gasteiger partial charge in [-0.25, -0.2) is 0 Å². The van der Waals surface area contributed by atoms with Crippen LogP contribution in [-0.2, 0) is 4.79 Å². The molecule has 0 radical (unpaired) electrons. The average Bonchev–Trinajstić information content (AvgIpc) is 2.85. The molecule has 0 aliphatic carbocycles.